The number of carbonyl (C=O) groups excluding carboxylic acids is 3. The molecule has 3 N–H and O–H groups in total. The molecule has 0 aliphatic heterocycles. The average molecular weight is 425 g/mol. The maximum Gasteiger partial charge on any atom is 0.254 e. The Balaban J connectivity index is 1.38. The van der Waals surface area contributed by atoms with Crippen LogP contribution in [0.3, 0.4) is 0 Å². The fraction of sp³-hybridized carbons (Fsp3) is 0.174. The van der Waals surface area contributed by atoms with Gasteiger partial charge in [0.15, 0.2) is 0 Å². The molecule has 3 amide bonds. The number of halogens is 2. The molecule has 3 rings (SSSR count). The molecule has 8 heteroatoms. The molecular weight excluding hydrogens is 404 g/mol. The van der Waals surface area contributed by atoms with Gasteiger partial charge in [-0.3, -0.25) is 25.2 Å². The summed E-state index contributed by atoms with van der Waals surface area (Å²) in [5.41, 5.74) is 5.28. The predicted molar refractivity (Wildman–Crippen MR) is 112 cm³/mol. The number of carbonyl (C=O) groups is 3. The van der Waals surface area contributed by atoms with Crippen molar-refractivity contribution in [3.63, 3.8) is 0 Å². The monoisotopic (exact) mass is 425 g/mol. The highest BCUT2D eigenvalue weighted by atomic mass is 19.1. The minimum absolute atomic E-state index is 0.0424. The van der Waals surface area contributed by atoms with E-state index < -0.39 is 23.4 Å². The molecule has 3 aromatic carbocycles. The zero-order chi connectivity index (χ0) is 22.2. The normalized spacial score (nSPS) is 10.5. The average Bonchev–Trinajstić information content (AvgIpc) is 2.75. The van der Waals surface area contributed by atoms with Gasteiger partial charge in [0.2, 0.25) is 11.8 Å². The molecule has 0 bridgehead atoms. The molecule has 0 radical (unpaired) electrons. The fourth-order valence-electron chi connectivity index (χ4n) is 3.09. The third-order valence-electron chi connectivity index (χ3n) is 4.61. The lowest BCUT2D eigenvalue weighted by molar-refractivity contribution is -0.128. The molecule has 0 unspecified atom stereocenters. The maximum atomic E-state index is 13.6. The van der Waals surface area contributed by atoms with Crippen LogP contribution in [-0.2, 0) is 16.0 Å². The van der Waals surface area contributed by atoms with E-state index in [9.17, 15) is 23.2 Å². The quantitative estimate of drug-likeness (QED) is 0.402. The summed E-state index contributed by atoms with van der Waals surface area (Å²) in [5.74, 6) is -3.20. The van der Waals surface area contributed by atoms with Gasteiger partial charge in [-0.15, -0.1) is 0 Å². The zero-order valence-corrected chi connectivity index (χ0v) is 16.6. The maximum absolute atomic E-state index is 13.6. The molecular formula is C23H21F2N3O3. The van der Waals surface area contributed by atoms with E-state index in [0.717, 1.165) is 28.5 Å². The Morgan fingerprint density at radius 1 is 0.839 bits per heavy atom. The Morgan fingerprint density at radius 2 is 1.58 bits per heavy atom. The minimum Gasteiger partial charge on any atom is -0.352 e. The predicted octanol–water partition coefficient (Wildman–Crippen LogP) is 3.02. The Morgan fingerprint density at radius 3 is 2.39 bits per heavy atom. The molecule has 0 aliphatic rings. The number of hydrogen-bond acceptors (Lipinski definition) is 3. The molecule has 0 aliphatic carbocycles. The first-order valence-electron chi connectivity index (χ1n) is 9.71. The highest BCUT2D eigenvalue weighted by Gasteiger charge is 2.12. The van der Waals surface area contributed by atoms with Gasteiger partial charge in [0.1, 0.15) is 11.6 Å². The van der Waals surface area contributed by atoms with Crippen LogP contribution in [0.5, 0.6) is 0 Å². The summed E-state index contributed by atoms with van der Waals surface area (Å²) < 4.78 is 26.4. The van der Waals surface area contributed by atoms with E-state index in [0.29, 0.717) is 6.07 Å². The molecule has 0 spiro atoms. The van der Waals surface area contributed by atoms with Crippen LogP contribution in [0.25, 0.3) is 10.8 Å². The molecule has 0 heterocycles. The lowest BCUT2D eigenvalue weighted by Crippen LogP contribution is -2.42. The molecule has 0 saturated carbocycles. The van der Waals surface area contributed by atoms with E-state index in [1.54, 1.807) is 0 Å². The summed E-state index contributed by atoms with van der Waals surface area (Å²) in [6.45, 7) is 0.118. The largest absolute Gasteiger partial charge is 0.352 e. The number of amides is 3. The fourth-order valence-corrected chi connectivity index (χ4v) is 3.09. The Kier molecular flexibility index (Phi) is 7.26. The van der Waals surface area contributed by atoms with Gasteiger partial charge in [-0.1, -0.05) is 42.5 Å². The van der Waals surface area contributed by atoms with E-state index in [-0.39, 0.29) is 37.3 Å². The van der Waals surface area contributed by atoms with Crippen LogP contribution in [0, 0.1) is 11.6 Å². The lowest BCUT2D eigenvalue weighted by atomic mass is 10.0. The lowest BCUT2D eigenvalue weighted by Gasteiger charge is -2.10. The molecule has 0 fully saturated rings. The third-order valence-corrected chi connectivity index (χ3v) is 4.61. The first kappa shape index (κ1) is 21.9. The number of nitrogens with one attached hydrogen (secondary N) is 3. The van der Waals surface area contributed by atoms with Crippen molar-refractivity contribution in [1.82, 2.24) is 16.2 Å². The van der Waals surface area contributed by atoms with Gasteiger partial charge in [0, 0.05) is 19.0 Å². The zero-order valence-electron chi connectivity index (χ0n) is 16.6. The topological polar surface area (TPSA) is 87.3 Å². The Labute approximate surface area is 177 Å². The third kappa shape index (κ3) is 6.08. The van der Waals surface area contributed by atoms with Gasteiger partial charge in [-0.25, -0.2) is 8.78 Å². The van der Waals surface area contributed by atoms with Crippen LogP contribution >= 0.6 is 0 Å². The number of hydrogen-bond donors (Lipinski definition) is 3. The number of hydrazine groups is 1. The smallest absolute Gasteiger partial charge is 0.254 e. The second-order valence-corrected chi connectivity index (χ2v) is 6.90. The van der Waals surface area contributed by atoms with Crippen molar-refractivity contribution in [3.05, 3.63) is 83.4 Å². The first-order valence-corrected chi connectivity index (χ1v) is 9.71. The van der Waals surface area contributed by atoms with Gasteiger partial charge in [-0.05, 0) is 34.9 Å². The summed E-state index contributed by atoms with van der Waals surface area (Å²) >= 11 is 0. The van der Waals surface area contributed by atoms with E-state index in [4.69, 9.17) is 0 Å². The number of rotatable bonds is 7. The van der Waals surface area contributed by atoms with E-state index >= 15 is 0 Å². The molecule has 3 aromatic rings. The molecule has 0 aromatic heterocycles. The molecule has 160 valence electrons. The second-order valence-electron chi connectivity index (χ2n) is 6.90. The molecule has 31 heavy (non-hydrogen) atoms. The summed E-state index contributed by atoms with van der Waals surface area (Å²) in [7, 11) is 0. The van der Waals surface area contributed by atoms with Gasteiger partial charge >= 0.3 is 0 Å². The standard InChI is InChI=1S/C23H21F2N3O3/c24-17-10-11-19(20(25)14-17)23(31)26-12-4-9-21(29)27-28-22(30)13-16-7-3-6-15-5-1-2-8-18(15)16/h1-3,5-8,10-11,14H,4,9,12-13H2,(H,26,31)(H,27,29)(H,28,30). The first-order chi connectivity index (χ1) is 14.9. The summed E-state index contributed by atoms with van der Waals surface area (Å²) in [4.78, 5) is 35.9. The number of fused-ring (bicyclic) bond motifs is 1. The Hall–Kier alpha value is -3.81. The van der Waals surface area contributed by atoms with Crippen molar-refractivity contribution in [2.24, 2.45) is 0 Å². The SMILES string of the molecule is O=C(CCCNC(=O)c1ccc(F)cc1F)NNC(=O)Cc1cccc2ccccc12. The molecule has 0 saturated heterocycles. The highest BCUT2D eigenvalue weighted by molar-refractivity contribution is 5.94. The highest BCUT2D eigenvalue weighted by Crippen LogP contribution is 2.18. The van der Waals surface area contributed by atoms with Gasteiger partial charge in [0.05, 0.1) is 12.0 Å². The van der Waals surface area contributed by atoms with Crippen molar-refractivity contribution in [1.29, 1.82) is 0 Å². The van der Waals surface area contributed by atoms with Gasteiger partial charge in [0.25, 0.3) is 5.91 Å². The summed E-state index contributed by atoms with van der Waals surface area (Å²) in [6, 6.07) is 16.1. The molecule has 0 atom stereocenters. The summed E-state index contributed by atoms with van der Waals surface area (Å²) in [6.07, 6.45) is 0.432. The van der Waals surface area contributed by atoms with Crippen molar-refractivity contribution in [2.75, 3.05) is 6.54 Å². The van der Waals surface area contributed by atoms with Crippen LogP contribution in [0.1, 0.15) is 28.8 Å². The van der Waals surface area contributed by atoms with Gasteiger partial charge in [-0.2, -0.15) is 0 Å². The Bertz CT molecular complexity index is 1110. The van der Waals surface area contributed by atoms with Crippen molar-refractivity contribution >= 4 is 28.5 Å². The minimum atomic E-state index is -0.954. The van der Waals surface area contributed by atoms with Crippen LogP contribution in [0.15, 0.2) is 60.7 Å². The van der Waals surface area contributed by atoms with Crippen LogP contribution in [0.2, 0.25) is 0 Å². The van der Waals surface area contributed by atoms with E-state index in [1.165, 1.54) is 0 Å². The number of benzene rings is 3. The van der Waals surface area contributed by atoms with Crippen LogP contribution in [-0.4, -0.2) is 24.3 Å². The molecule has 6 nitrogen and oxygen atoms in total. The second kappa shape index (κ2) is 10.3. The van der Waals surface area contributed by atoms with Crippen molar-refractivity contribution in [2.45, 2.75) is 19.3 Å². The van der Waals surface area contributed by atoms with E-state index in [2.05, 4.69) is 16.2 Å². The van der Waals surface area contributed by atoms with E-state index in [1.807, 2.05) is 42.5 Å². The van der Waals surface area contributed by atoms with Crippen molar-refractivity contribution in [3.8, 4) is 0 Å². The van der Waals surface area contributed by atoms with Crippen LogP contribution < -0.4 is 16.2 Å². The van der Waals surface area contributed by atoms with Crippen LogP contribution in [0.4, 0.5) is 8.78 Å². The van der Waals surface area contributed by atoms with Gasteiger partial charge < -0.3 is 5.32 Å². The summed E-state index contributed by atoms with van der Waals surface area (Å²) in [5, 5.41) is 4.46. The van der Waals surface area contributed by atoms with Crippen molar-refractivity contribution < 1.29 is 23.2 Å².